The molecule has 8 heteroatoms. The van der Waals surface area contributed by atoms with Crippen LogP contribution in [0.5, 0.6) is 0 Å². The van der Waals surface area contributed by atoms with E-state index in [2.05, 4.69) is 19.8 Å². The van der Waals surface area contributed by atoms with Gasteiger partial charge < -0.3 is 9.64 Å². The lowest BCUT2D eigenvalue weighted by molar-refractivity contribution is 0.144. The summed E-state index contributed by atoms with van der Waals surface area (Å²) in [6, 6.07) is 1.82. The van der Waals surface area contributed by atoms with E-state index < -0.39 is 0 Å². The Morgan fingerprint density at radius 2 is 2.00 bits per heavy atom. The maximum Gasteiger partial charge on any atom is 0.186 e. The number of aromatic nitrogens is 2. The first-order chi connectivity index (χ1) is 10.2. The van der Waals surface area contributed by atoms with Crippen molar-refractivity contribution in [2.45, 2.75) is 0 Å². The summed E-state index contributed by atoms with van der Waals surface area (Å²) in [6.45, 7) is 5.72. The van der Waals surface area contributed by atoms with Crippen molar-refractivity contribution in [3.05, 3.63) is 16.4 Å². The normalized spacial score (nSPS) is 16.8. The first-order valence-electron chi connectivity index (χ1n) is 6.76. The molecule has 0 aliphatic carbocycles. The number of methoxy groups -OCH3 is 1. The molecule has 1 aliphatic heterocycles. The zero-order chi connectivity index (χ0) is 14.8. The minimum absolute atomic E-state index is 0.374. The summed E-state index contributed by atoms with van der Waals surface area (Å²) in [5, 5.41) is 1.77. The fourth-order valence-electron chi connectivity index (χ4n) is 2.37. The van der Waals surface area contributed by atoms with Gasteiger partial charge in [-0.05, 0) is 6.07 Å². The van der Waals surface area contributed by atoms with E-state index in [1.165, 1.54) is 0 Å². The van der Waals surface area contributed by atoms with Gasteiger partial charge >= 0.3 is 0 Å². The molecular weight excluding hydrogens is 331 g/mol. The van der Waals surface area contributed by atoms with E-state index in [0.29, 0.717) is 10.3 Å². The van der Waals surface area contributed by atoms with Gasteiger partial charge in [-0.25, -0.2) is 9.97 Å². The molecule has 3 rings (SSSR count). The van der Waals surface area contributed by atoms with Gasteiger partial charge in [0.2, 0.25) is 0 Å². The lowest BCUT2D eigenvalue weighted by Gasteiger charge is -2.34. The molecule has 5 nitrogen and oxygen atoms in total. The van der Waals surface area contributed by atoms with Gasteiger partial charge in [0.25, 0.3) is 0 Å². The summed E-state index contributed by atoms with van der Waals surface area (Å²) in [6.07, 6.45) is 0. The fourth-order valence-corrected chi connectivity index (χ4v) is 4.02. The third-order valence-electron chi connectivity index (χ3n) is 3.55. The van der Waals surface area contributed by atoms with Gasteiger partial charge in [-0.3, -0.25) is 4.90 Å². The van der Waals surface area contributed by atoms with Crippen LogP contribution in [0, 0.1) is 0 Å². The van der Waals surface area contributed by atoms with E-state index >= 15 is 0 Å². The molecule has 3 heterocycles. The van der Waals surface area contributed by atoms with Crippen molar-refractivity contribution < 1.29 is 4.74 Å². The lowest BCUT2D eigenvalue weighted by Crippen LogP contribution is -2.47. The molecule has 114 valence electrons. The molecule has 0 atom stereocenters. The maximum atomic E-state index is 6.10. The van der Waals surface area contributed by atoms with Crippen LogP contribution in [0.25, 0.3) is 10.2 Å². The molecule has 21 heavy (non-hydrogen) atoms. The summed E-state index contributed by atoms with van der Waals surface area (Å²) < 4.78 is 6.10. The number of thiazole rings is 1. The van der Waals surface area contributed by atoms with Crippen molar-refractivity contribution in [1.82, 2.24) is 14.9 Å². The number of nitrogens with zero attached hydrogens (tertiary/aromatic N) is 4. The number of pyridine rings is 1. The lowest BCUT2D eigenvalue weighted by atomic mass is 10.3. The quantitative estimate of drug-likeness (QED) is 0.796. The van der Waals surface area contributed by atoms with Gasteiger partial charge in [-0.2, -0.15) is 0 Å². The Labute approximate surface area is 137 Å². The Balaban J connectivity index is 1.72. The third kappa shape index (κ3) is 3.40. The molecule has 2 aromatic heterocycles. The van der Waals surface area contributed by atoms with Crippen LogP contribution in [0.15, 0.2) is 6.07 Å². The molecule has 0 amide bonds. The van der Waals surface area contributed by atoms with Crippen molar-refractivity contribution >= 4 is 49.9 Å². The van der Waals surface area contributed by atoms with Gasteiger partial charge in [-0.1, -0.05) is 34.5 Å². The summed E-state index contributed by atoms with van der Waals surface area (Å²) >= 11 is 13.7. The monoisotopic (exact) mass is 346 g/mol. The number of hydrogen-bond donors (Lipinski definition) is 0. The highest BCUT2D eigenvalue weighted by Crippen LogP contribution is 2.33. The minimum atomic E-state index is 0.374. The van der Waals surface area contributed by atoms with Gasteiger partial charge in [0, 0.05) is 39.8 Å². The number of anilines is 1. The first kappa shape index (κ1) is 15.2. The van der Waals surface area contributed by atoms with Crippen LogP contribution in [-0.2, 0) is 4.74 Å². The Morgan fingerprint density at radius 3 is 2.71 bits per heavy atom. The molecule has 0 N–H and O–H groups in total. The number of rotatable bonds is 4. The van der Waals surface area contributed by atoms with Crippen molar-refractivity contribution in [3.63, 3.8) is 0 Å². The smallest absolute Gasteiger partial charge is 0.186 e. The first-order valence-corrected chi connectivity index (χ1v) is 8.33. The summed E-state index contributed by atoms with van der Waals surface area (Å²) in [5.74, 6) is 0. The van der Waals surface area contributed by atoms with Crippen LogP contribution in [0.4, 0.5) is 5.13 Å². The number of halogens is 2. The molecule has 0 spiro atoms. The van der Waals surface area contributed by atoms with Crippen molar-refractivity contribution in [3.8, 4) is 0 Å². The second kappa shape index (κ2) is 6.62. The van der Waals surface area contributed by atoms with E-state index in [0.717, 1.165) is 54.7 Å². The van der Waals surface area contributed by atoms with Gasteiger partial charge in [0.15, 0.2) is 10.3 Å². The summed E-state index contributed by atoms with van der Waals surface area (Å²) in [7, 11) is 1.74. The summed E-state index contributed by atoms with van der Waals surface area (Å²) in [4.78, 5) is 13.3. The van der Waals surface area contributed by atoms with E-state index in [1.807, 2.05) is 6.07 Å². The zero-order valence-corrected chi connectivity index (χ0v) is 14.0. The van der Waals surface area contributed by atoms with E-state index in [9.17, 15) is 0 Å². The second-order valence-electron chi connectivity index (χ2n) is 4.90. The molecule has 1 aliphatic rings. The molecule has 0 saturated carbocycles. The largest absolute Gasteiger partial charge is 0.383 e. The van der Waals surface area contributed by atoms with Crippen molar-refractivity contribution in [1.29, 1.82) is 0 Å². The van der Waals surface area contributed by atoms with E-state index in [4.69, 9.17) is 27.9 Å². The SMILES string of the molecule is COCCN1CCN(c2nc3c(Cl)nc(Cl)cc3s2)CC1. The highest BCUT2D eigenvalue weighted by atomic mass is 35.5. The Hall–Kier alpha value is -0.660. The van der Waals surface area contributed by atoms with Crippen LogP contribution in [-0.4, -0.2) is 61.3 Å². The van der Waals surface area contributed by atoms with Crippen LogP contribution in [0.3, 0.4) is 0 Å². The zero-order valence-electron chi connectivity index (χ0n) is 11.7. The molecule has 0 radical (unpaired) electrons. The van der Waals surface area contributed by atoms with Crippen LogP contribution >= 0.6 is 34.5 Å². The highest BCUT2D eigenvalue weighted by molar-refractivity contribution is 7.22. The van der Waals surface area contributed by atoms with E-state index in [1.54, 1.807) is 18.4 Å². The van der Waals surface area contributed by atoms with Crippen molar-refractivity contribution in [2.75, 3.05) is 51.3 Å². The number of fused-ring (bicyclic) bond motifs is 1. The van der Waals surface area contributed by atoms with Gasteiger partial charge in [-0.15, -0.1) is 0 Å². The highest BCUT2D eigenvalue weighted by Gasteiger charge is 2.20. The average Bonchev–Trinajstić information content (AvgIpc) is 2.90. The second-order valence-corrected chi connectivity index (χ2v) is 6.65. The predicted octanol–water partition coefficient (Wildman–Crippen LogP) is 2.77. The number of ether oxygens (including phenoxy) is 1. The Morgan fingerprint density at radius 1 is 1.24 bits per heavy atom. The fraction of sp³-hybridized carbons (Fsp3) is 0.538. The number of hydrogen-bond acceptors (Lipinski definition) is 6. The third-order valence-corrected chi connectivity index (χ3v) is 5.07. The molecule has 2 aromatic rings. The van der Waals surface area contributed by atoms with Gasteiger partial charge in [0.05, 0.1) is 11.3 Å². The molecule has 1 saturated heterocycles. The summed E-state index contributed by atoms with van der Waals surface area (Å²) in [5.41, 5.74) is 0.739. The Bertz CT molecular complexity index is 628. The standard InChI is InChI=1S/C13H16Cl2N4OS/c1-20-7-6-18-2-4-19(5-3-18)13-17-11-9(21-13)8-10(14)16-12(11)15/h8H,2-7H2,1H3. The average molecular weight is 347 g/mol. The van der Waals surface area contributed by atoms with E-state index in [-0.39, 0.29) is 0 Å². The minimum Gasteiger partial charge on any atom is -0.383 e. The topological polar surface area (TPSA) is 41.5 Å². The number of piperazine rings is 1. The van der Waals surface area contributed by atoms with Crippen LogP contribution in [0.2, 0.25) is 10.3 Å². The van der Waals surface area contributed by atoms with Gasteiger partial charge in [0.1, 0.15) is 10.7 Å². The maximum absolute atomic E-state index is 6.10. The molecule has 0 aromatic carbocycles. The Kier molecular flexibility index (Phi) is 4.81. The van der Waals surface area contributed by atoms with Crippen LogP contribution in [0.1, 0.15) is 0 Å². The van der Waals surface area contributed by atoms with Crippen LogP contribution < -0.4 is 4.90 Å². The molecule has 1 fully saturated rings. The molecular formula is C13H16Cl2N4OS. The molecule has 0 bridgehead atoms. The predicted molar refractivity (Wildman–Crippen MR) is 88.0 cm³/mol. The molecule has 0 unspecified atom stereocenters. The van der Waals surface area contributed by atoms with Crippen molar-refractivity contribution in [2.24, 2.45) is 0 Å².